The van der Waals surface area contributed by atoms with Crippen LogP contribution < -0.4 is 15.1 Å². The Morgan fingerprint density at radius 1 is 1.07 bits per heavy atom. The highest BCUT2D eigenvalue weighted by atomic mass is 19.1. The van der Waals surface area contributed by atoms with Crippen LogP contribution in [-0.2, 0) is 11.4 Å². The van der Waals surface area contributed by atoms with Crippen LogP contribution in [0.1, 0.15) is 34.5 Å². The van der Waals surface area contributed by atoms with Gasteiger partial charge in [-0.15, -0.1) is 0 Å². The van der Waals surface area contributed by atoms with Crippen molar-refractivity contribution in [1.82, 2.24) is 9.47 Å². The van der Waals surface area contributed by atoms with Crippen LogP contribution in [0.15, 0.2) is 82.9 Å². The van der Waals surface area contributed by atoms with Gasteiger partial charge in [0.15, 0.2) is 11.6 Å². The molecule has 216 valence electrons. The van der Waals surface area contributed by atoms with Gasteiger partial charge in [-0.2, -0.15) is 0 Å². The molecule has 0 aliphatic carbocycles. The molecule has 6 rings (SSSR count). The Morgan fingerprint density at radius 3 is 2.45 bits per heavy atom. The first-order chi connectivity index (χ1) is 20.4. The summed E-state index contributed by atoms with van der Waals surface area (Å²) in [4.78, 5) is 34.5. The lowest BCUT2D eigenvalue weighted by Gasteiger charge is -2.38. The van der Waals surface area contributed by atoms with Crippen molar-refractivity contribution in [3.8, 4) is 5.75 Å². The van der Waals surface area contributed by atoms with E-state index >= 15 is 4.39 Å². The van der Waals surface area contributed by atoms with Gasteiger partial charge in [-0.1, -0.05) is 65.8 Å². The molecule has 0 radical (unpaired) electrons. The first-order valence-corrected chi connectivity index (χ1v) is 13.9. The van der Waals surface area contributed by atoms with Crippen molar-refractivity contribution < 1.29 is 23.9 Å². The first-order valence-electron chi connectivity index (χ1n) is 13.9. The van der Waals surface area contributed by atoms with Crippen molar-refractivity contribution >= 4 is 28.3 Å². The van der Waals surface area contributed by atoms with Gasteiger partial charge in [-0.05, 0) is 18.6 Å². The minimum atomic E-state index is -1.34. The summed E-state index contributed by atoms with van der Waals surface area (Å²) in [5.74, 6) is -1.66. The predicted molar refractivity (Wildman–Crippen MR) is 158 cm³/mol. The molecule has 1 N–H and O–H groups in total. The van der Waals surface area contributed by atoms with Gasteiger partial charge < -0.3 is 24.1 Å². The Balaban J connectivity index is 1.23. The number of hydrogen-bond acceptors (Lipinski definition) is 7. The van der Waals surface area contributed by atoms with Crippen LogP contribution in [-0.4, -0.2) is 65.6 Å². The first kappa shape index (κ1) is 27.5. The van der Waals surface area contributed by atoms with E-state index in [1.54, 1.807) is 4.57 Å². The number of carbonyl (C=O) groups is 1. The SMILES string of the molecule is C[C@H]1COc2c(N3CCN(C/C(=N\OCc4ccccc4)c4ccccc4)CC3)c(F)cc3c(=O)c(C(=O)O)cn1c23. The van der Waals surface area contributed by atoms with E-state index < -0.39 is 17.2 Å². The van der Waals surface area contributed by atoms with E-state index in [0.29, 0.717) is 50.5 Å². The molecular weight excluding hydrogens is 539 g/mol. The second-order valence-electron chi connectivity index (χ2n) is 10.6. The fraction of sp³-hybridized carbons (Fsp3) is 0.281. The molecule has 3 heterocycles. The lowest BCUT2D eigenvalue weighted by Crippen LogP contribution is -2.48. The fourth-order valence-corrected chi connectivity index (χ4v) is 5.56. The number of ether oxygens (including phenoxy) is 1. The minimum Gasteiger partial charge on any atom is -0.487 e. The molecule has 0 unspecified atom stereocenters. The van der Waals surface area contributed by atoms with Gasteiger partial charge in [0, 0.05) is 44.5 Å². The van der Waals surface area contributed by atoms with Crippen molar-refractivity contribution in [2.24, 2.45) is 5.16 Å². The molecule has 42 heavy (non-hydrogen) atoms. The number of aromatic nitrogens is 1. The summed E-state index contributed by atoms with van der Waals surface area (Å²) in [6.07, 6.45) is 1.34. The van der Waals surface area contributed by atoms with Crippen LogP contribution in [0.25, 0.3) is 10.9 Å². The summed E-state index contributed by atoms with van der Waals surface area (Å²) in [5.41, 5.74) is 2.44. The van der Waals surface area contributed by atoms with Gasteiger partial charge in [-0.25, -0.2) is 9.18 Å². The van der Waals surface area contributed by atoms with Crippen molar-refractivity contribution in [3.05, 3.63) is 106 Å². The standard InChI is InChI=1S/C32H31FN4O5/c1-21-19-41-31-28-24(30(38)25(32(39)40)17-37(21)28)16-26(33)29(31)36-14-12-35(13-15-36)18-27(23-10-6-3-7-11-23)34-42-20-22-8-4-2-5-9-22/h2-11,16-17,21H,12-15,18-20H2,1H3,(H,39,40)/b34-27+/t21-/m0/s1. The molecule has 0 bridgehead atoms. The molecule has 0 saturated carbocycles. The van der Waals surface area contributed by atoms with Crippen molar-refractivity contribution in [2.45, 2.75) is 19.6 Å². The number of carboxylic acids is 1. The van der Waals surface area contributed by atoms with Crippen LogP contribution in [0, 0.1) is 5.82 Å². The molecule has 9 nitrogen and oxygen atoms in total. The zero-order chi connectivity index (χ0) is 29.2. The molecule has 1 atom stereocenters. The van der Waals surface area contributed by atoms with Gasteiger partial charge in [0.05, 0.1) is 16.9 Å². The van der Waals surface area contributed by atoms with Crippen LogP contribution in [0.5, 0.6) is 5.75 Å². The number of halogens is 1. The molecule has 0 spiro atoms. The molecule has 1 aromatic heterocycles. The number of benzene rings is 3. The third-order valence-electron chi connectivity index (χ3n) is 7.79. The maximum absolute atomic E-state index is 15.7. The number of pyridine rings is 1. The number of oxime groups is 1. The number of rotatable bonds is 8. The van der Waals surface area contributed by atoms with Crippen molar-refractivity contribution in [1.29, 1.82) is 0 Å². The highest BCUT2D eigenvalue weighted by molar-refractivity contribution is 6.01. The third-order valence-corrected chi connectivity index (χ3v) is 7.79. The summed E-state index contributed by atoms with van der Waals surface area (Å²) in [7, 11) is 0. The Kier molecular flexibility index (Phi) is 7.62. The van der Waals surface area contributed by atoms with Gasteiger partial charge in [-0.3, -0.25) is 9.69 Å². The van der Waals surface area contributed by atoms with Crippen LogP contribution in [0.2, 0.25) is 0 Å². The second kappa shape index (κ2) is 11.7. The van der Waals surface area contributed by atoms with Gasteiger partial charge >= 0.3 is 5.97 Å². The van der Waals surface area contributed by atoms with Crippen LogP contribution >= 0.6 is 0 Å². The van der Waals surface area contributed by atoms with E-state index in [1.807, 2.05) is 72.5 Å². The predicted octanol–water partition coefficient (Wildman–Crippen LogP) is 4.54. The largest absolute Gasteiger partial charge is 0.487 e. The summed E-state index contributed by atoms with van der Waals surface area (Å²) < 4.78 is 23.4. The Labute approximate surface area is 242 Å². The number of carboxylic acid groups (broad SMARTS) is 1. The fourth-order valence-electron chi connectivity index (χ4n) is 5.56. The Bertz CT molecular complexity index is 1700. The summed E-state index contributed by atoms with van der Waals surface area (Å²) in [5, 5.41) is 14.0. The Morgan fingerprint density at radius 2 is 1.76 bits per heavy atom. The average Bonchev–Trinajstić information content (AvgIpc) is 3.00. The number of anilines is 1. The molecule has 1 fully saturated rings. The zero-order valence-electron chi connectivity index (χ0n) is 23.2. The molecule has 10 heteroatoms. The monoisotopic (exact) mass is 570 g/mol. The molecule has 1 saturated heterocycles. The van der Waals surface area contributed by atoms with E-state index in [2.05, 4.69) is 10.1 Å². The topological polar surface area (TPSA) is 96.6 Å². The van der Waals surface area contributed by atoms with Crippen molar-refractivity contribution in [3.63, 3.8) is 0 Å². The van der Waals surface area contributed by atoms with E-state index in [0.717, 1.165) is 22.9 Å². The summed E-state index contributed by atoms with van der Waals surface area (Å²) in [6, 6.07) is 20.7. The molecule has 4 aromatic rings. The molecule has 2 aliphatic rings. The van der Waals surface area contributed by atoms with E-state index in [1.165, 1.54) is 6.20 Å². The third kappa shape index (κ3) is 5.33. The molecule has 3 aromatic carbocycles. The highest BCUT2D eigenvalue weighted by Crippen LogP contribution is 2.42. The van der Waals surface area contributed by atoms with Gasteiger partial charge in [0.25, 0.3) is 0 Å². The maximum atomic E-state index is 15.7. The Hall–Kier alpha value is -4.70. The average molecular weight is 571 g/mol. The minimum absolute atomic E-state index is 0.00977. The number of aromatic carboxylic acids is 1. The normalized spacial score (nSPS) is 17.2. The van der Waals surface area contributed by atoms with E-state index in [9.17, 15) is 14.7 Å². The van der Waals surface area contributed by atoms with Gasteiger partial charge in [0.1, 0.15) is 30.2 Å². The molecule has 2 aliphatic heterocycles. The summed E-state index contributed by atoms with van der Waals surface area (Å²) >= 11 is 0. The van der Waals surface area contributed by atoms with Crippen LogP contribution in [0.4, 0.5) is 10.1 Å². The lowest BCUT2D eigenvalue weighted by atomic mass is 10.1. The molecular formula is C32H31FN4O5. The smallest absolute Gasteiger partial charge is 0.341 e. The maximum Gasteiger partial charge on any atom is 0.341 e. The summed E-state index contributed by atoms with van der Waals surface area (Å²) in [6.45, 7) is 5.37. The highest BCUT2D eigenvalue weighted by Gasteiger charge is 2.31. The second-order valence-corrected chi connectivity index (χ2v) is 10.6. The van der Waals surface area contributed by atoms with Crippen molar-refractivity contribution in [2.75, 3.05) is 44.2 Å². The number of hydrogen-bond donors (Lipinski definition) is 1. The quantitative estimate of drug-likeness (QED) is 0.246. The van der Waals surface area contributed by atoms with Gasteiger partial charge in [0.2, 0.25) is 5.43 Å². The molecule has 0 amide bonds. The number of nitrogens with zero attached hydrogens (tertiary/aromatic N) is 4. The van der Waals surface area contributed by atoms with E-state index in [-0.39, 0.29) is 29.3 Å². The number of piperazine rings is 1. The van der Waals surface area contributed by atoms with Crippen LogP contribution in [0.3, 0.4) is 0 Å². The lowest BCUT2D eigenvalue weighted by molar-refractivity contribution is 0.0694. The van der Waals surface area contributed by atoms with E-state index in [4.69, 9.17) is 9.57 Å². The zero-order valence-corrected chi connectivity index (χ0v) is 23.2.